The van der Waals surface area contributed by atoms with Crippen molar-refractivity contribution in [2.45, 2.75) is 18.6 Å². The highest BCUT2D eigenvalue weighted by Gasteiger charge is 2.54. The highest BCUT2D eigenvalue weighted by molar-refractivity contribution is 9.10. The Bertz CT molecular complexity index is 900. The molecule has 0 aliphatic carbocycles. The summed E-state index contributed by atoms with van der Waals surface area (Å²) < 4.78 is 6.06. The Balaban J connectivity index is 1.58. The second-order valence-electron chi connectivity index (χ2n) is 6.03. The van der Waals surface area contributed by atoms with E-state index >= 15 is 0 Å². The van der Waals surface area contributed by atoms with E-state index in [1.165, 1.54) is 4.90 Å². The van der Waals surface area contributed by atoms with Crippen LogP contribution in [0.1, 0.15) is 5.56 Å². The fraction of sp³-hybridized carbons (Fsp3) is 0.222. The zero-order chi connectivity index (χ0) is 18.3. The molecule has 2 aliphatic rings. The lowest BCUT2D eigenvalue weighted by Gasteiger charge is -2.20. The fourth-order valence-electron chi connectivity index (χ4n) is 3.16. The molecule has 2 aromatic rings. The van der Waals surface area contributed by atoms with Crippen LogP contribution in [0.15, 0.2) is 63.3 Å². The monoisotopic (exact) mass is 414 g/mol. The molecule has 2 aliphatic heterocycles. The van der Waals surface area contributed by atoms with E-state index in [4.69, 9.17) is 4.74 Å². The van der Waals surface area contributed by atoms with Gasteiger partial charge in [0.15, 0.2) is 12.1 Å². The molecule has 132 valence electrons. The molecule has 0 bridgehead atoms. The summed E-state index contributed by atoms with van der Waals surface area (Å²) in [6, 6.07) is 13.0. The Morgan fingerprint density at radius 1 is 1.12 bits per heavy atom. The standard InChI is InChI=1S/C18H15BrN4O3/c1-26-14-7-5-13(6-8-14)23-17(24)15-16(18(23)25)22(21-20-15)10-11-3-2-4-12(19)9-11/h2-9,15-16H,10H2,1H3. The predicted molar refractivity (Wildman–Crippen MR) is 97.6 cm³/mol. The number of benzene rings is 2. The van der Waals surface area contributed by atoms with Crippen LogP contribution in [0.4, 0.5) is 5.69 Å². The molecule has 2 unspecified atom stereocenters. The third-order valence-corrected chi connectivity index (χ3v) is 4.92. The molecule has 2 aromatic carbocycles. The van der Waals surface area contributed by atoms with E-state index in [0.717, 1.165) is 10.0 Å². The van der Waals surface area contributed by atoms with Crippen molar-refractivity contribution >= 4 is 33.4 Å². The molecule has 1 saturated heterocycles. The Morgan fingerprint density at radius 2 is 1.88 bits per heavy atom. The third-order valence-electron chi connectivity index (χ3n) is 4.42. The molecule has 0 N–H and O–H groups in total. The van der Waals surface area contributed by atoms with Gasteiger partial charge in [-0.15, -0.1) is 0 Å². The maximum Gasteiger partial charge on any atom is 0.263 e. The first-order chi connectivity index (χ1) is 12.6. The minimum atomic E-state index is -0.795. The fourth-order valence-corrected chi connectivity index (χ4v) is 3.61. The molecule has 1 fully saturated rings. The van der Waals surface area contributed by atoms with E-state index in [0.29, 0.717) is 18.0 Å². The number of halogens is 1. The van der Waals surface area contributed by atoms with Crippen LogP contribution < -0.4 is 9.64 Å². The molecule has 2 amide bonds. The largest absolute Gasteiger partial charge is 0.497 e. The van der Waals surface area contributed by atoms with Gasteiger partial charge in [-0.25, -0.2) is 4.90 Å². The van der Waals surface area contributed by atoms with E-state index in [-0.39, 0.29) is 11.8 Å². The quantitative estimate of drug-likeness (QED) is 0.720. The number of rotatable bonds is 4. The van der Waals surface area contributed by atoms with Gasteiger partial charge in [0.2, 0.25) is 0 Å². The van der Waals surface area contributed by atoms with Crippen molar-refractivity contribution in [2.75, 3.05) is 12.0 Å². The number of amides is 2. The molecular formula is C18H15BrN4O3. The van der Waals surface area contributed by atoms with E-state index in [1.807, 2.05) is 24.3 Å². The molecule has 2 heterocycles. The van der Waals surface area contributed by atoms with Crippen molar-refractivity contribution in [2.24, 2.45) is 10.3 Å². The summed E-state index contributed by atoms with van der Waals surface area (Å²) in [6.07, 6.45) is 0. The van der Waals surface area contributed by atoms with Crippen LogP contribution in [-0.4, -0.2) is 36.0 Å². The minimum Gasteiger partial charge on any atom is -0.497 e. The van der Waals surface area contributed by atoms with Gasteiger partial charge in [-0.05, 0) is 42.0 Å². The van der Waals surface area contributed by atoms with Gasteiger partial charge in [0.05, 0.1) is 19.3 Å². The lowest BCUT2D eigenvalue weighted by atomic mass is 10.1. The number of fused-ring (bicyclic) bond motifs is 1. The van der Waals surface area contributed by atoms with Gasteiger partial charge in [0.25, 0.3) is 11.8 Å². The number of imide groups is 1. The van der Waals surface area contributed by atoms with E-state index in [2.05, 4.69) is 26.3 Å². The zero-order valence-electron chi connectivity index (χ0n) is 13.9. The van der Waals surface area contributed by atoms with Crippen LogP contribution in [0.2, 0.25) is 0 Å². The molecule has 7 nitrogen and oxygen atoms in total. The van der Waals surface area contributed by atoms with Crippen LogP contribution in [0.3, 0.4) is 0 Å². The normalized spacial score (nSPS) is 21.5. The van der Waals surface area contributed by atoms with E-state index < -0.39 is 12.1 Å². The molecule has 26 heavy (non-hydrogen) atoms. The maximum atomic E-state index is 12.9. The van der Waals surface area contributed by atoms with Crippen molar-refractivity contribution in [1.29, 1.82) is 0 Å². The Hall–Kier alpha value is -2.74. The van der Waals surface area contributed by atoms with Gasteiger partial charge in [-0.2, -0.15) is 5.11 Å². The van der Waals surface area contributed by atoms with Crippen molar-refractivity contribution in [1.82, 2.24) is 5.01 Å². The third kappa shape index (κ3) is 2.76. The summed E-state index contributed by atoms with van der Waals surface area (Å²) in [5.74, 6) is -0.0140. The summed E-state index contributed by atoms with van der Waals surface area (Å²) in [6.45, 7) is 0.402. The zero-order valence-corrected chi connectivity index (χ0v) is 15.5. The molecule has 4 rings (SSSR count). The van der Waals surface area contributed by atoms with Gasteiger partial charge in [0.1, 0.15) is 5.75 Å². The summed E-state index contributed by atoms with van der Waals surface area (Å²) in [7, 11) is 1.56. The average Bonchev–Trinajstić information content (AvgIpc) is 3.16. The number of hydrogen-bond acceptors (Lipinski definition) is 6. The van der Waals surface area contributed by atoms with Gasteiger partial charge in [0, 0.05) is 4.47 Å². The molecule has 0 spiro atoms. The second kappa shape index (κ2) is 6.53. The van der Waals surface area contributed by atoms with Crippen molar-refractivity contribution < 1.29 is 14.3 Å². The molecule has 2 atom stereocenters. The predicted octanol–water partition coefficient (Wildman–Crippen LogP) is 2.95. The number of anilines is 1. The highest BCUT2D eigenvalue weighted by atomic mass is 79.9. The Morgan fingerprint density at radius 3 is 2.58 bits per heavy atom. The van der Waals surface area contributed by atoms with Crippen molar-refractivity contribution in [3.8, 4) is 5.75 Å². The van der Waals surface area contributed by atoms with Crippen LogP contribution >= 0.6 is 15.9 Å². The minimum absolute atomic E-state index is 0.315. The van der Waals surface area contributed by atoms with Gasteiger partial charge < -0.3 is 4.74 Å². The summed E-state index contributed by atoms with van der Waals surface area (Å²) in [4.78, 5) is 26.8. The molecule has 0 saturated carbocycles. The summed E-state index contributed by atoms with van der Waals surface area (Å²) >= 11 is 3.43. The number of nitrogens with zero attached hydrogens (tertiary/aromatic N) is 4. The van der Waals surface area contributed by atoms with Crippen LogP contribution in [0.25, 0.3) is 0 Å². The van der Waals surface area contributed by atoms with Crippen LogP contribution in [0.5, 0.6) is 5.75 Å². The smallest absolute Gasteiger partial charge is 0.263 e. The lowest BCUT2D eigenvalue weighted by molar-refractivity contribution is -0.123. The maximum absolute atomic E-state index is 12.9. The molecule has 0 aromatic heterocycles. The van der Waals surface area contributed by atoms with Crippen LogP contribution in [-0.2, 0) is 16.1 Å². The van der Waals surface area contributed by atoms with E-state index in [9.17, 15) is 9.59 Å². The molecular weight excluding hydrogens is 400 g/mol. The number of hydrogen-bond donors (Lipinski definition) is 0. The first-order valence-electron chi connectivity index (χ1n) is 8.02. The van der Waals surface area contributed by atoms with Gasteiger partial charge in [-0.1, -0.05) is 33.3 Å². The average molecular weight is 415 g/mol. The van der Waals surface area contributed by atoms with E-state index in [1.54, 1.807) is 36.4 Å². The highest BCUT2D eigenvalue weighted by Crippen LogP contribution is 2.33. The lowest BCUT2D eigenvalue weighted by Crippen LogP contribution is -2.39. The van der Waals surface area contributed by atoms with Crippen LogP contribution in [0, 0.1) is 0 Å². The van der Waals surface area contributed by atoms with Crippen molar-refractivity contribution in [3.05, 3.63) is 58.6 Å². The molecule has 0 radical (unpaired) electrons. The Labute approximate surface area is 158 Å². The summed E-state index contributed by atoms with van der Waals surface area (Å²) in [5.41, 5.74) is 1.48. The van der Waals surface area contributed by atoms with Crippen molar-refractivity contribution in [3.63, 3.8) is 0 Å². The van der Waals surface area contributed by atoms with Gasteiger partial charge >= 0.3 is 0 Å². The SMILES string of the molecule is COc1ccc(N2C(=O)C3N=NN(Cc4cccc(Br)c4)C3C2=O)cc1. The second-order valence-corrected chi connectivity index (χ2v) is 6.95. The summed E-state index contributed by atoms with van der Waals surface area (Å²) in [5, 5.41) is 9.68. The number of ether oxygens (including phenoxy) is 1. The number of carbonyl (C=O) groups is 2. The Kier molecular flexibility index (Phi) is 4.20. The first-order valence-corrected chi connectivity index (χ1v) is 8.81. The molecule has 8 heteroatoms. The number of carbonyl (C=O) groups excluding carboxylic acids is 2. The van der Waals surface area contributed by atoms with Gasteiger partial charge in [-0.3, -0.25) is 14.6 Å². The first kappa shape index (κ1) is 16.7. The topological polar surface area (TPSA) is 74.6 Å². The number of methoxy groups -OCH3 is 1.